The summed E-state index contributed by atoms with van der Waals surface area (Å²) < 4.78 is 37.4. The lowest BCUT2D eigenvalue weighted by Gasteiger charge is -2.20. The fourth-order valence-electron chi connectivity index (χ4n) is 2.24. The highest BCUT2D eigenvalue weighted by Crippen LogP contribution is 2.38. The number of ether oxygens (including phenoxy) is 2. The van der Waals surface area contributed by atoms with E-state index in [0.29, 0.717) is 35.3 Å². The molecule has 4 nitrogen and oxygen atoms in total. The topological polar surface area (TPSA) is 47.6 Å². The molecular formula is C16H12ClF2NO3. The van der Waals surface area contributed by atoms with E-state index in [-0.39, 0.29) is 12.1 Å². The molecule has 23 heavy (non-hydrogen) atoms. The molecule has 2 aromatic carbocycles. The molecule has 7 heteroatoms. The number of benzene rings is 2. The first kappa shape index (κ1) is 15.6. The Balaban J connectivity index is 1.75. The summed E-state index contributed by atoms with van der Waals surface area (Å²) in [7, 11) is 0. The molecule has 0 saturated carbocycles. The van der Waals surface area contributed by atoms with E-state index in [4.69, 9.17) is 21.1 Å². The van der Waals surface area contributed by atoms with Crippen molar-refractivity contribution in [3.05, 3.63) is 52.6 Å². The van der Waals surface area contributed by atoms with Crippen LogP contribution in [0.15, 0.2) is 30.3 Å². The van der Waals surface area contributed by atoms with Gasteiger partial charge in [0.05, 0.1) is 17.1 Å². The molecule has 0 aromatic heterocycles. The van der Waals surface area contributed by atoms with Gasteiger partial charge in [0.25, 0.3) is 0 Å². The van der Waals surface area contributed by atoms with Crippen molar-refractivity contribution in [1.82, 2.24) is 0 Å². The van der Waals surface area contributed by atoms with E-state index in [1.807, 2.05) is 0 Å². The van der Waals surface area contributed by atoms with Crippen LogP contribution in [0.3, 0.4) is 0 Å². The summed E-state index contributed by atoms with van der Waals surface area (Å²) in [4.78, 5) is 12.0. The molecule has 1 aliphatic rings. The molecule has 0 spiro atoms. The van der Waals surface area contributed by atoms with Crippen LogP contribution in [0.4, 0.5) is 14.5 Å². The lowest BCUT2D eigenvalue weighted by atomic mass is 10.1. The smallest absolute Gasteiger partial charge is 0.228 e. The van der Waals surface area contributed by atoms with Crippen LogP contribution in [0.1, 0.15) is 5.56 Å². The van der Waals surface area contributed by atoms with Crippen LogP contribution < -0.4 is 14.8 Å². The Morgan fingerprint density at radius 3 is 2.78 bits per heavy atom. The van der Waals surface area contributed by atoms with Crippen LogP contribution >= 0.6 is 11.6 Å². The Morgan fingerprint density at radius 1 is 1.17 bits per heavy atom. The summed E-state index contributed by atoms with van der Waals surface area (Å²) in [6, 6.07) is 6.07. The molecule has 2 aromatic rings. The average molecular weight is 340 g/mol. The van der Waals surface area contributed by atoms with Gasteiger partial charge in [-0.25, -0.2) is 8.78 Å². The number of carbonyl (C=O) groups excluding carboxylic acids is 1. The fraction of sp³-hybridized carbons (Fsp3) is 0.188. The number of carbonyl (C=O) groups is 1. The van der Waals surface area contributed by atoms with Gasteiger partial charge in [-0.15, -0.1) is 0 Å². The van der Waals surface area contributed by atoms with Crippen LogP contribution in [0.2, 0.25) is 5.02 Å². The second-order valence-electron chi connectivity index (χ2n) is 4.95. The van der Waals surface area contributed by atoms with Crippen LogP contribution in [0.5, 0.6) is 11.5 Å². The average Bonchev–Trinajstić information content (AvgIpc) is 2.51. The third-order valence-corrected chi connectivity index (χ3v) is 3.50. The number of anilines is 1. The molecule has 1 aliphatic heterocycles. The van der Waals surface area contributed by atoms with Crippen molar-refractivity contribution in [1.29, 1.82) is 0 Å². The molecular weight excluding hydrogens is 328 g/mol. The van der Waals surface area contributed by atoms with Gasteiger partial charge in [-0.1, -0.05) is 11.6 Å². The summed E-state index contributed by atoms with van der Waals surface area (Å²) in [5.74, 6) is -0.937. The molecule has 0 atom stereocenters. The van der Waals surface area contributed by atoms with Crippen LogP contribution in [-0.4, -0.2) is 19.1 Å². The molecule has 3 rings (SSSR count). The maximum atomic E-state index is 13.5. The number of halogens is 3. The van der Waals surface area contributed by atoms with E-state index in [0.717, 1.165) is 18.2 Å². The van der Waals surface area contributed by atoms with Crippen LogP contribution in [0, 0.1) is 11.6 Å². The minimum atomic E-state index is -0.708. The normalized spacial score (nSPS) is 12.8. The Morgan fingerprint density at radius 2 is 1.96 bits per heavy atom. The largest absolute Gasteiger partial charge is 0.486 e. The molecule has 0 unspecified atom stereocenters. The third kappa shape index (κ3) is 3.53. The SMILES string of the molecule is O=C(Cc1cc(Cl)c2c(c1)OCCO2)Nc1cc(F)ccc1F. The Hall–Kier alpha value is -2.34. The first-order valence-electron chi connectivity index (χ1n) is 6.86. The Bertz CT molecular complexity index is 767. The van der Waals surface area contributed by atoms with Gasteiger partial charge in [0.1, 0.15) is 24.8 Å². The zero-order valence-electron chi connectivity index (χ0n) is 11.9. The van der Waals surface area contributed by atoms with Crippen molar-refractivity contribution in [3.63, 3.8) is 0 Å². The molecule has 1 N–H and O–H groups in total. The Labute approximate surface area is 136 Å². The molecule has 0 radical (unpaired) electrons. The first-order chi connectivity index (χ1) is 11.0. The Kier molecular flexibility index (Phi) is 4.34. The van der Waals surface area contributed by atoms with Gasteiger partial charge in [-0.05, 0) is 29.8 Å². The third-order valence-electron chi connectivity index (χ3n) is 3.22. The summed E-state index contributed by atoms with van der Waals surface area (Å²) >= 11 is 6.09. The second-order valence-corrected chi connectivity index (χ2v) is 5.36. The number of fused-ring (bicyclic) bond motifs is 1. The predicted molar refractivity (Wildman–Crippen MR) is 81.1 cm³/mol. The zero-order valence-corrected chi connectivity index (χ0v) is 12.6. The van der Waals surface area contributed by atoms with Gasteiger partial charge in [0, 0.05) is 6.07 Å². The van der Waals surface area contributed by atoms with Gasteiger partial charge in [-0.2, -0.15) is 0 Å². The van der Waals surface area contributed by atoms with Gasteiger partial charge in [0.2, 0.25) is 5.91 Å². The highest BCUT2D eigenvalue weighted by molar-refractivity contribution is 6.32. The molecule has 1 heterocycles. The summed E-state index contributed by atoms with van der Waals surface area (Å²) in [5.41, 5.74) is 0.368. The maximum absolute atomic E-state index is 13.5. The molecule has 0 fully saturated rings. The van der Waals surface area contributed by atoms with Crippen LogP contribution in [-0.2, 0) is 11.2 Å². The van der Waals surface area contributed by atoms with Gasteiger partial charge < -0.3 is 14.8 Å². The lowest BCUT2D eigenvalue weighted by molar-refractivity contribution is -0.115. The first-order valence-corrected chi connectivity index (χ1v) is 7.23. The standard InChI is InChI=1S/C16H12ClF2NO3/c17-11-5-9(6-14-16(11)23-4-3-22-14)7-15(21)20-13-8-10(18)1-2-12(13)19/h1-2,5-6,8H,3-4,7H2,(H,20,21). The molecule has 0 bridgehead atoms. The van der Waals surface area contributed by atoms with Gasteiger partial charge in [-0.3, -0.25) is 4.79 Å². The van der Waals surface area contributed by atoms with Crippen molar-refractivity contribution >= 4 is 23.2 Å². The molecule has 120 valence electrons. The van der Waals surface area contributed by atoms with Crippen molar-refractivity contribution < 1.29 is 23.0 Å². The van der Waals surface area contributed by atoms with E-state index in [1.165, 1.54) is 0 Å². The van der Waals surface area contributed by atoms with E-state index in [1.54, 1.807) is 12.1 Å². The van der Waals surface area contributed by atoms with Crippen molar-refractivity contribution in [2.75, 3.05) is 18.5 Å². The summed E-state index contributed by atoms with van der Waals surface area (Å²) in [6.45, 7) is 0.804. The summed E-state index contributed by atoms with van der Waals surface area (Å²) in [6.07, 6.45) is -0.0632. The van der Waals surface area contributed by atoms with E-state index < -0.39 is 17.5 Å². The minimum absolute atomic E-state index is 0.0632. The predicted octanol–water partition coefficient (Wildman–Crippen LogP) is 3.57. The van der Waals surface area contributed by atoms with E-state index in [2.05, 4.69) is 5.32 Å². The second kappa shape index (κ2) is 6.42. The van der Waals surface area contributed by atoms with Crippen molar-refractivity contribution in [3.8, 4) is 11.5 Å². The fourth-order valence-corrected chi connectivity index (χ4v) is 2.53. The molecule has 0 aliphatic carbocycles. The number of hydrogen-bond donors (Lipinski definition) is 1. The molecule has 0 saturated heterocycles. The monoisotopic (exact) mass is 339 g/mol. The highest BCUT2D eigenvalue weighted by Gasteiger charge is 2.18. The van der Waals surface area contributed by atoms with E-state index >= 15 is 0 Å². The maximum Gasteiger partial charge on any atom is 0.228 e. The van der Waals surface area contributed by atoms with E-state index in [9.17, 15) is 13.6 Å². The molecule has 1 amide bonds. The number of amides is 1. The summed E-state index contributed by atoms with van der Waals surface area (Å²) in [5, 5.41) is 2.67. The number of nitrogens with one attached hydrogen (secondary N) is 1. The number of rotatable bonds is 3. The quantitative estimate of drug-likeness (QED) is 0.930. The van der Waals surface area contributed by atoms with Gasteiger partial charge in [0.15, 0.2) is 11.5 Å². The minimum Gasteiger partial charge on any atom is -0.486 e. The highest BCUT2D eigenvalue weighted by atomic mass is 35.5. The lowest BCUT2D eigenvalue weighted by Crippen LogP contribution is -2.18. The van der Waals surface area contributed by atoms with Crippen LogP contribution in [0.25, 0.3) is 0 Å². The van der Waals surface area contributed by atoms with Crippen molar-refractivity contribution in [2.24, 2.45) is 0 Å². The van der Waals surface area contributed by atoms with Crippen molar-refractivity contribution in [2.45, 2.75) is 6.42 Å². The number of hydrogen-bond acceptors (Lipinski definition) is 3. The van der Waals surface area contributed by atoms with Gasteiger partial charge >= 0.3 is 0 Å². The zero-order chi connectivity index (χ0) is 16.4.